The number of allylic oxidation sites excluding steroid dienone is 2. The minimum atomic E-state index is -0.579. The van der Waals surface area contributed by atoms with E-state index in [0.29, 0.717) is 6.61 Å². The molecular formula is C10H14O3. The second kappa shape index (κ2) is 4.21. The van der Waals surface area contributed by atoms with Crippen molar-refractivity contribution >= 4 is 11.8 Å². The number of carbonyl (C=O) groups is 2. The first-order valence-corrected chi connectivity index (χ1v) is 4.53. The maximum Gasteiger partial charge on any atom is 0.317 e. The number of rotatable bonds is 2. The van der Waals surface area contributed by atoms with Gasteiger partial charge < -0.3 is 4.74 Å². The molecule has 13 heavy (non-hydrogen) atoms. The van der Waals surface area contributed by atoms with Crippen LogP contribution in [-0.4, -0.2) is 18.4 Å². The Labute approximate surface area is 77.8 Å². The second-order valence-corrected chi connectivity index (χ2v) is 3.25. The smallest absolute Gasteiger partial charge is 0.317 e. The van der Waals surface area contributed by atoms with Crippen molar-refractivity contribution in [1.82, 2.24) is 0 Å². The van der Waals surface area contributed by atoms with Gasteiger partial charge in [0.25, 0.3) is 0 Å². The second-order valence-electron chi connectivity index (χ2n) is 3.25. The summed E-state index contributed by atoms with van der Waals surface area (Å²) in [6.07, 6.45) is 4.06. The Morgan fingerprint density at radius 2 is 2.38 bits per heavy atom. The van der Waals surface area contributed by atoms with Gasteiger partial charge in [0, 0.05) is 0 Å². The summed E-state index contributed by atoms with van der Waals surface area (Å²) in [6.45, 7) is 3.97. The van der Waals surface area contributed by atoms with E-state index in [1.807, 2.05) is 13.0 Å². The summed E-state index contributed by atoms with van der Waals surface area (Å²) in [7, 11) is 0. The van der Waals surface area contributed by atoms with E-state index in [2.05, 4.69) is 0 Å². The van der Waals surface area contributed by atoms with E-state index in [4.69, 9.17) is 4.74 Å². The zero-order valence-electron chi connectivity index (χ0n) is 7.95. The van der Waals surface area contributed by atoms with Crippen molar-refractivity contribution in [2.45, 2.75) is 20.3 Å². The molecule has 0 radical (unpaired) electrons. The van der Waals surface area contributed by atoms with Gasteiger partial charge in [-0.05, 0) is 25.3 Å². The van der Waals surface area contributed by atoms with Gasteiger partial charge in [0.2, 0.25) is 0 Å². The fraction of sp³-hybridized carbons (Fsp3) is 0.600. The maximum absolute atomic E-state index is 11.3. The molecule has 0 N–H and O–H groups in total. The van der Waals surface area contributed by atoms with E-state index in [0.717, 1.165) is 6.42 Å². The Bertz CT molecular complexity index is 243. The summed E-state index contributed by atoms with van der Waals surface area (Å²) in [4.78, 5) is 22.7. The van der Waals surface area contributed by atoms with Crippen LogP contribution in [0.5, 0.6) is 0 Å². The van der Waals surface area contributed by atoms with Crippen LogP contribution in [0.4, 0.5) is 0 Å². The predicted molar refractivity (Wildman–Crippen MR) is 48.1 cm³/mol. The Hall–Kier alpha value is -1.12. The third kappa shape index (κ3) is 2.17. The topological polar surface area (TPSA) is 43.4 Å². The molecule has 3 heteroatoms. The van der Waals surface area contributed by atoms with Gasteiger partial charge in [-0.2, -0.15) is 0 Å². The predicted octanol–water partition coefficient (Wildman–Crippen LogP) is 1.33. The molecule has 2 atom stereocenters. The number of ketones is 1. The Balaban J connectivity index is 2.71. The third-order valence-corrected chi connectivity index (χ3v) is 2.21. The van der Waals surface area contributed by atoms with E-state index in [1.165, 1.54) is 6.08 Å². The third-order valence-electron chi connectivity index (χ3n) is 2.21. The molecule has 72 valence electrons. The van der Waals surface area contributed by atoms with Crippen LogP contribution in [0.1, 0.15) is 20.3 Å². The van der Waals surface area contributed by atoms with Gasteiger partial charge in [0.05, 0.1) is 6.61 Å². The van der Waals surface area contributed by atoms with Gasteiger partial charge in [-0.3, -0.25) is 9.59 Å². The Kier molecular flexibility index (Phi) is 3.23. The first-order chi connectivity index (χ1) is 6.16. The van der Waals surface area contributed by atoms with Gasteiger partial charge in [0.15, 0.2) is 5.78 Å². The van der Waals surface area contributed by atoms with Crippen LogP contribution in [-0.2, 0) is 14.3 Å². The number of esters is 1. The minimum absolute atomic E-state index is 0.0662. The van der Waals surface area contributed by atoms with Crippen molar-refractivity contribution < 1.29 is 14.3 Å². The molecule has 3 nitrogen and oxygen atoms in total. The van der Waals surface area contributed by atoms with Crippen molar-refractivity contribution in [2.24, 2.45) is 11.8 Å². The van der Waals surface area contributed by atoms with E-state index < -0.39 is 5.92 Å². The zero-order valence-corrected chi connectivity index (χ0v) is 7.95. The van der Waals surface area contributed by atoms with Gasteiger partial charge in [-0.1, -0.05) is 13.0 Å². The lowest BCUT2D eigenvalue weighted by atomic mass is 9.83. The molecule has 0 aromatic carbocycles. The van der Waals surface area contributed by atoms with E-state index in [9.17, 15) is 9.59 Å². The van der Waals surface area contributed by atoms with Crippen LogP contribution in [0.3, 0.4) is 0 Å². The standard InChI is InChI=1S/C10H14O3/c1-3-13-10(12)9-7(2)5-4-6-8(9)11/h4,6-7,9H,3,5H2,1-2H3/t7-,9+/m0/s1. The number of ether oxygens (including phenoxy) is 1. The Morgan fingerprint density at radius 1 is 1.69 bits per heavy atom. The fourth-order valence-corrected chi connectivity index (χ4v) is 1.50. The maximum atomic E-state index is 11.3. The molecular weight excluding hydrogens is 168 g/mol. The van der Waals surface area contributed by atoms with Crippen molar-refractivity contribution in [2.75, 3.05) is 6.61 Å². The molecule has 0 bridgehead atoms. The molecule has 0 spiro atoms. The molecule has 0 saturated carbocycles. The fourth-order valence-electron chi connectivity index (χ4n) is 1.50. The number of carbonyl (C=O) groups excluding carboxylic acids is 2. The van der Waals surface area contributed by atoms with Crippen molar-refractivity contribution in [3.05, 3.63) is 12.2 Å². The lowest BCUT2D eigenvalue weighted by molar-refractivity contribution is -0.152. The minimum Gasteiger partial charge on any atom is -0.465 e. The summed E-state index contributed by atoms with van der Waals surface area (Å²) in [6, 6.07) is 0. The van der Waals surface area contributed by atoms with E-state index >= 15 is 0 Å². The van der Waals surface area contributed by atoms with Gasteiger partial charge >= 0.3 is 5.97 Å². The molecule has 1 rings (SSSR count). The highest BCUT2D eigenvalue weighted by atomic mass is 16.5. The average Bonchev–Trinajstić information content (AvgIpc) is 2.04. The lowest BCUT2D eigenvalue weighted by Gasteiger charge is -2.21. The summed E-state index contributed by atoms with van der Waals surface area (Å²) in [5, 5.41) is 0. The molecule has 1 aliphatic rings. The molecule has 0 amide bonds. The largest absolute Gasteiger partial charge is 0.465 e. The van der Waals surface area contributed by atoms with Crippen molar-refractivity contribution in [1.29, 1.82) is 0 Å². The molecule has 0 aromatic rings. The summed E-state index contributed by atoms with van der Waals surface area (Å²) >= 11 is 0. The highest BCUT2D eigenvalue weighted by Gasteiger charge is 2.33. The lowest BCUT2D eigenvalue weighted by Crippen LogP contribution is -2.32. The van der Waals surface area contributed by atoms with Gasteiger partial charge in [0.1, 0.15) is 5.92 Å². The molecule has 0 heterocycles. The molecule has 1 aliphatic carbocycles. The summed E-state index contributed by atoms with van der Waals surface area (Å²) < 4.78 is 4.83. The summed E-state index contributed by atoms with van der Waals surface area (Å²) in [5.74, 6) is -1.02. The van der Waals surface area contributed by atoms with E-state index in [1.54, 1.807) is 6.92 Å². The number of hydrogen-bond donors (Lipinski definition) is 0. The van der Waals surface area contributed by atoms with Crippen LogP contribution >= 0.6 is 0 Å². The normalized spacial score (nSPS) is 27.4. The average molecular weight is 182 g/mol. The van der Waals surface area contributed by atoms with Crippen molar-refractivity contribution in [3.63, 3.8) is 0 Å². The van der Waals surface area contributed by atoms with Crippen LogP contribution in [0.15, 0.2) is 12.2 Å². The molecule has 0 aliphatic heterocycles. The van der Waals surface area contributed by atoms with Gasteiger partial charge in [-0.25, -0.2) is 0 Å². The first kappa shape index (κ1) is 9.96. The quantitative estimate of drug-likeness (QED) is 0.478. The zero-order chi connectivity index (χ0) is 9.84. The number of hydrogen-bond acceptors (Lipinski definition) is 3. The van der Waals surface area contributed by atoms with Crippen LogP contribution in [0.25, 0.3) is 0 Å². The monoisotopic (exact) mass is 182 g/mol. The Morgan fingerprint density at radius 3 is 2.92 bits per heavy atom. The highest BCUT2D eigenvalue weighted by molar-refractivity contribution is 6.05. The van der Waals surface area contributed by atoms with Crippen molar-refractivity contribution in [3.8, 4) is 0 Å². The molecule has 0 unspecified atom stereocenters. The van der Waals surface area contributed by atoms with E-state index in [-0.39, 0.29) is 17.7 Å². The first-order valence-electron chi connectivity index (χ1n) is 4.53. The SMILES string of the molecule is CCOC(=O)[C@H]1C(=O)C=CC[C@@H]1C. The molecule has 0 fully saturated rings. The van der Waals surface area contributed by atoms with Crippen LogP contribution in [0.2, 0.25) is 0 Å². The summed E-state index contributed by atoms with van der Waals surface area (Å²) in [5.41, 5.74) is 0. The van der Waals surface area contributed by atoms with Gasteiger partial charge in [-0.15, -0.1) is 0 Å². The van der Waals surface area contributed by atoms with Crippen LogP contribution in [0, 0.1) is 11.8 Å². The molecule has 0 saturated heterocycles. The van der Waals surface area contributed by atoms with Crippen LogP contribution < -0.4 is 0 Å². The molecule has 0 aromatic heterocycles. The highest BCUT2D eigenvalue weighted by Crippen LogP contribution is 2.23.